The molecule has 2 atom stereocenters. The van der Waals surface area contributed by atoms with Crippen LogP contribution in [0.1, 0.15) is 29.3 Å². The summed E-state index contributed by atoms with van der Waals surface area (Å²) in [7, 11) is 0. The van der Waals surface area contributed by atoms with Crippen LogP contribution in [0, 0.1) is 23.0 Å². The van der Waals surface area contributed by atoms with Crippen LogP contribution in [0.3, 0.4) is 0 Å². The van der Waals surface area contributed by atoms with Gasteiger partial charge in [-0.15, -0.1) is 0 Å². The van der Waals surface area contributed by atoms with Gasteiger partial charge in [-0.2, -0.15) is 0 Å². The predicted molar refractivity (Wildman–Crippen MR) is 87.1 cm³/mol. The fraction of sp³-hybridized carbons (Fsp3) is 0.438. The Balaban J connectivity index is 1.96. The summed E-state index contributed by atoms with van der Waals surface area (Å²) in [4.78, 5) is 47.1. The Morgan fingerprint density at radius 3 is 2.60 bits per heavy atom. The Morgan fingerprint density at radius 2 is 2.08 bits per heavy atom. The number of aryl methyl sites for hydroxylation is 1. The van der Waals surface area contributed by atoms with Crippen molar-refractivity contribution in [2.45, 2.75) is 26.3 Å². The molecule has 1 fully saturated rings. The number of hydrogen-bond acceptors (Lipinski definition) is 5. The second-order valence-electron chi connectivity index (χ2n) is 6.00. The number of amides is 2. The summed E-state index contributed by atoms with van der Waals surface area (Å²) < 4.78 is 0. The topological polar surface area (TPSA) is 130 Å². The molecule has 1 aliphatic rings. The first-order chi connectivity index (χ1) is 11.7. The highest BCUT2D eigenvalue weighted by Gasteiger charge is 2.37. The number of nitrogens with zero attached hydrogens (tertiary/aromatic N) is 2. The number of nitro benzene ring substituents is 1. The summed E-state index contributed by atoms with van der Waals surface area (Å²) in [5.74, 6) is -2.42. The molecule has 2 amide bonds. The molecule has 1 heterocycles. The molecule has 2 rings (SSSR count). The lowest BCUT2D eigenvalue weighted by atomic mass is 10.0. The molecule has 0 aliphatic carbocycles. The van der Waals surface area contributed by atoms with Gasteiger partial charge in [0.25, 0.3) is 11.6 Å². The van der Waals surface area contributed by atoms with E-state index in [1.165, 1.54) is 30.0 Å². The number of hydrogen-bond donors (Lipinski definition) is 2. The normalized spacial score (nSPS) is 19.5. The third kappa shape index (κ3) is 3.93. The maximum absolute atomic E-state index is 12.2. The van der Waals surface area contributed by atoms with Crippen molar-refractivity contribution in [3.8, 4) is 0 Å². The van der Waals surface area contributed by atoms with Crippen LogP contribution in [0.4, 0.5) is 5.69 Å². The molecule has 0 radical (unpaired) electrons. The van der Waals surface area contributed by atoms with E-state index in [2.05, 4.69) is 5.32 Å². The molecule has 2 unspecified atom stereocenters. The van der Waals surface area contributed by atoms with Crippen LogP contribution < -0.4 is 5.32 Å². The van der Waals surface area contributed by atoms with Crippen LogP contribution in [0.15, 0.2) is 18.2 Å². The molecule has 1 aliphatic heterocycles. The van der Waals surface area contributed by atoms with Crippen LogP contribution in [0.2, 0.25) is 0 Å². The minimum absolute atomic E-state index is 0.0850. The number of nitrogens with one attached hydrogen (secondary N) is 1. The number of likely N-dealkylation sites (tertiary alicyclic amines) is 1. The molecule has 1 aromatic rings. The second kappa shape index (κ2) is 7.29. The highest BCUT2D eigenvalue weighted by Crippen LogP contribution is 2.24. The minimum atomic E-state index is -0.937. The standard InChI is InChI=1S/C16H19N3O6/c1-9-7-11(3-4-13(9)19(24)25)15(21)17-8-14(20)18-6-5-12(10(18)2)16(22)23/h3-4,7,10,12H,5-6,8H2,1-2H3,(H,17,21)(H,22,23). The highest BCUT2D eigenvalue weighted by atomic mass is 16.6. The third-order valence-corrected chi connectivity index (χ3v) is 4.45. The zero-order valence-corrected chi connectivity index (χ0v) is 13.9. The number of carbonyl (C=O) groups excluding carboxylic acids is 2. The molecule has 134 valence electrons. The number of benzene rings is 1. The molecule has 9 nitrogen and oxygen atoms in total. The maximum Gasteiger partial charge on any atom is 0.308 e. The molecule has 2 N–H and O–H groups in total. The van der Waals surface area contributed by atoms with E-state index in [-0.39, 0.29) is 23.7 Å². The molecular formula is C16H19N3O6. The van der Waals surface area contributed by atoms with Gasteiger partial charge in [0, 0.05) is 29.8 Å². The van der Waals surface area contributed by atoms with Crippen LogP contribution in [0.5, 0.6) is 0 Å². The Bertz CT molecular complexity index is 733. The number of rotatable bonds is 5. The monoisotopic (exact) mass is 349 g/mol. The Labute approximate surface area is 143 Å². The lowest BCUT2D eigenvalue weighted by Crippen LogP contribution is -2.43. The van der Waals surface area contributed by atoms with E-state index < -0.39 is 28.8 Å². The van der Waals surface area contributed by atoms with Crippen LogP contribution in [0.25, 0.3) is 0 Å². The average molecular weight is 349 g/mol. The maximum atomic E-state index is 12.2. The van der Waals surface area contributed by atoms with E-state index in [1.807, 2.05) is 0 Å². The van der Waals surface area contributed by atoms with Crippen molar-refractivity contribution in [2.24, 2.45) is 5.92 Å². The zero-order valence-electron chi connectivity index (χ0n) is 13.9. The van der Waals surface area contributed by atoms with Crippen LogP contribution >= 0.6 is 0 Å². The van der Waals surface area contributed by atoms with Crippen molar-refractivity contribution in [2.75, 3.05) is 13.1 Å². The Kier molecular flexibility index (Phi) is 5.35. The number of aliphatic carboxylic acids is 1. The van der Waals surface area contributed by atoms with E-state index in [1.54, 1.807) is 6.92 Å². The first kappa shape index (κ1) is 18.4. The van der Waals surface area contributed by atoms with E-state index >= 15 is 0 Å². The predicted octanol–water partition coefficient (Wildman–Crippen LogP) is 0.955. The number of carboxylic acids is 1. The van der Waals surface area contributed by atoms with E-state index in [0.29, 0.717) is 18.5 Å². The van der Waals surface area contributed by atoms with Gasteiger partial charge in [0.15, 0.2) is 0 Å². The zero-order chi connectivity index (χ0) is 18.7. The summed E-state index contributed by atoms with van der Waals surface area (Å²) in [6.45, 7) is 3.28. The highest BCUT2D eigenvalue weighted by molar-refractivity contribution is 5.97. The quantitative estimate of drug-likeness (QED) is 0.601. The lowest BCUT2D eigenvalue weighted by molar-refractivity contribution is -0.385. The van der Waals surface area contributed by atoms with E-state index in [9.17, 15) is 24.5 Å². The SMILES string of the molecule is Cc1cc(C(=O)NCC(=O)N2CCC(C(=O)O)C2C)ccc1[N+](=O)[O-]. The van der Waals surface area contributed by atoms with Crippen molar-refractivity contribution in [3.05, 3.63) is 39.4 Å². The number of carboxylic acid groups (broad SMARTS) is 1. The van der Waals surface area contributed by atoms with Gasteiger partial charge < -0.3 is 15.3 Å². The molecule has 9 heteroatoms. The van der Waals surface area contributed by atoms with Crippen molar-refractivity contribution < 1.29 is 24.4 Å². The molecule has 1 saturated heterocycles. The molecule has 0 saturated carbocycles. The van der Waals surface area contributed by atoms with E-state index in [0.717, 1.165) is 0 Å². The van der Waals surface area contributed by atoms with Gasteiger partial charge in [-0.25, -0.2) is 0 Å². The molecule has 0 bridgehead atoms. The second-order valence-corrected chi connectivity index (χ2v) is 6.00. The summed E-state index contributed by atoms with van der Waals surface area (Å²) >= 11 is 0. The summed E-state index contributed by atoms with van der Waals surface area (Å²) in [6, 6.07) is 3.52. The minimum Gasteiger partial charge on any atom is -0.481 e. The molecule has 0 aromatic heterocycles. The van der Waals surface area contributed by atoms with Crippen LogP contribution in [-0.4, -0.2) is 51.8 Å². The van der Waals surface area contributed by atoms with Gasteiger partial charge in [-0.05, 0) is 32.4 Å². The largest absolute Gasteiger partial charge is 0.481 e. The third-order valence-electron chi connectivity index (χ3n) is 4.45. The summed E-state index contributed by atoms with van der Waals surface area (Å²) in [5, 5.41) is 22.3. The fourth-order valence-corrected chi connectivity index (χ4v) is 2.98. The van der Waals surface area contributed by atoms with Gasteiger partial charge in [0.1, 0.15) is 0 Å². The van der Waals surface area contributed by atoms with Crippen molar-refractivity contribution >= 4 is 23.5 Å². The summed E-state index contributed by atoms with van der Waals surface area (Å²) in [6.07, 6.45) is 0.387. The van der Waals surface area contributed by atoms with E-state index in [4.69, 9.17) is 5.11 Å². The molecule has 0 spiro atoms. The van der Waals surface area contributed by atoms with Crippen LogP contribution in [-0.2, 0) is 9.59 Å². The van der Waals surface area contributed by atoms with Crippen molar-refractivity contribution in [1.82, 2.24) is 10.2 Å². The van der Waals surface area contributed by atoms with Gasteiger partial charge >= 0.3 is 5.97 Å². The first-order valence-corrected chi connectivity index (χ1v) is 7.78. The smallest absolute Gasteiger partial charge is 0.308 e. The average Bonchev–Trinajstić information content (AvgIpc) is 2.93. The van der Waals surface area contributed by atoms with Gasteiger partial charge in [-0.3, -0.25) is 24.5 Å². The number of nitro groups is 1. The lowest BCUT2D eigenvalue weighted by Gasteiger charge is -2.23. The van der Waals surface area contributed by atoms with Crippen molar-refractivity contribution in [1.29, 1.82) is 0 Å². The summed E-state index contributed by atoms with van der Waals surface area (Å²) in [5.41, 5.74) is 0.480. The Morgan fingerprint density at radius 1 is 1.40 bits per heavy atom. The van der Waals surface area contributed by atoms with Gasteiger partial charge in [-0.1, -0.05) is 0 Å². The molecule has 1 aromatic carbocycles. The first-order valence-electron chi connectivity index (χ1n) is 7.78. The van der Waals surface area contributed by atoms with Crippen molar-refractivity contribution in [3.63, 3.8) is 0 Å². The Hall–Kier alpha value is -2.97. The molecular weight excluding hydrogens is 330 g/mol. The van der Waals surface area contributed by atoms with Gasteiger partial charge in [0.05, 0.1) is 17.4 Å². The number of carbonyl (C=O) groups is 3. The van der Waals surface area contributed by atoms with Gasteiger partial charge in [0.2, 0.25) is 5.91 Å². The molecule has 25 heavy (non-hydrogen) atoms. The fourth-order valence-electron chi connectivity index (χ4n) is 2.98.